The number of nitrogens with one attached hydrogen (secondary N) is 2. The molecule has 0 aromatic carbocycles. The highest BCUT2D eigenvalue weighted by Crippen LogP contribution is 2.20. The Kier molecular flexibility index (Phi) is 5.98. The average Bonchev–Trinajstić information content (AvgIpc) is 3.25. The molecule has 0 saturated carbocycles. The van der Waals surface area contributed by atoms with Crippen LogP contribution in [-0.4, -0.2) is 53.3 Å². The molecule has 1 aliphatic heterocycles. The number of nitrogens with zero attached hydrogens (tertiary/aromatic N) is 5. The van der Waals surface area contributed by atoms with Gasteiger partial charge >= 0.3 is 0 Å². The summed E-state index contributed by atoms with van der Waals surface area (Å²) in [5, 5.41) is 10.4. The molecule has 1 aliphatic rings. The number of hydrogen-bond donors (Lipinski definition) is 2. The molecule has 2 aromatic heterocycles. The van der Waals surface area contributed by atoms with E-state index in [1.54, 1.807) is 19.2 Å². The Labute approximate surface area is 151 Å². The molecule has 3 heterocycles. The lowest BCUT2D eigenvalue weighted by Gasteiger charge is -2.19. The van der Waals surface area contributed by atoms with E-state index in [0.29, 0.717) is 37.0 Å². The Morgan fingerprint density at radius 1 is 1.50 bits per heavy atom. The van der Waals surface area contributed by atoms with E-state index in [9.17, 15) is 4.39 Å². The van der Waals surface area contributed by atoms with Gasteiger partial charge in [0.15, 0.2) is 23.4 Å². The lowest BCUT2D eigenvalue weighted by atomic mass is 10.3. The van der Waals surface area contributed by atoms with Gasteiger partial charge in [-0.25, -0.2) is 9.37 Å². The van der Waals surface area contributed by atoms with Crippen molar-refractivity contribution in [3.05, 3.63) is 35.9 Å². The van der Waals surface area contributed by atoms with Gasteiger partial charge in [-0.05, 0) is 32.4 Å². The van der Waals surface area contributed by atoms with Crippen LogP contribution in [0.4, 0.5) is 10.2 Å². The molecule has 2 N–H and O–H groups in total. The maximum atomic E-state index is 13.9. The highest BCUT2D eigenvalue weighted by molar-refractivity contribution is 5.80. The van der Waals surface area contributed by atoms with Crippen molar-refractivity contribution >= 4 is 11.8 Å². The van der Waals surface area contributed by atoms with E-state index < -0.39 is 0 Å². The van der Waals surface area contributed by atoms with Crippen molar-refractivity contribution in [2.75, 3.05) is 31.1 Å². The molecule has 8 nitrogen and oxygen atoms in total. The second-order valence-corrected chi connectivity index (χ2v) is 6.13. The fraction of sp³-hybridized carbons (Fsp3) is 0.529. The summed E-state index contributed by atoms with van der Waals surface area (Å²) in [7, 11) is 0. The van der Waals surface area contributed by atoms with Crippen LogP contribution >= 0.6 is 0 Å². The van der Waals surface area contributed by atoms with E-state index in [4.69, 9.17) is 4.52 Å². The van der Waals surface area contributed by atoms with Crippen LogP contribution in [0.25, 0.3) is 0 Å². The molecular formula is C17H24FN7O. The van der Waals surface area contributed by atoms with Gasteiger partial charge in [-0.1, -0.05) is 5.16 Å². The number of hydrogen-bond acceptors (Lipinski definition) is 6. The second kappa shape index (κ2) is 8.59. The van der Waals surface area contributed by atoms with Gasteiger partial charge in [-0.3, -0.25) is 4.99 Å². The van der Waals surface area contributed by atoms with Gasteiger partial charge < -0.3 is 20.1 Å². The lowest BCUT2D eigenvalue weighted by Crippen LogP contribution is -2.44. The monoisotopic (exact) mass is 361 g/mol. The number of halogens is 1. The molecular weight excluding hydrogens is 337 g/mol. The lowest BCUT2D eigenvalue weighted by molar-refractivity contribution is 0.376. The molecule has 2 aromatic rings. The summed E-state index contributed by atoms with van der Waals surface area (Å²) in [5.41, 5.74) is 0. The van der Waals surface area contributed by atoms with Crippen molar-refractivity contribution in [1.82, 2.24) is 25.8 Å². The number of aryl methyl sites for hydroxylation is 1. The third-order valence-electron chi connectivity index (χ3n) is 4.08. The van der Waals surface area contributed by atoms with E-state index >= 15 is 0 Å². The van der Waals surface area contributed by atoms with E-state index in [0.717, 1.165) is 25.5 Å². The zero-order valence-corrected chi connectivity index (χ0v) is 15.1. The van der Waals surface area contributed by atoms with Crippen molar-refractivity contribution in [2.24, 2.45) is 4.99 Å². The van der Waals surface area contributed by atoms with Crippen molar-refractivity contribution in [3.63, 3.8) is 0 Å². The van der Waals surface area contributed by atoms with Gasteiger partial charge in [0.2, 0.25) is 5.89 Å². The molecule has 0 amide bonds. The van der Waals surface area contributed by atoms with Crippen LogP contribution in [0.3, 0.4) is 0 Å². The van der Waals surface area contributed by atoms with Crippen molar-refractivity contribution in [1.29, 1.82) is 0 Å². The molecule has 1 fully saturated rings. The molecule has 9 heteroatoms. The largest absolute Gasteiger partial charge is 0.357 e. The minimum Gasteiger partial charge on any atom is -0.357 e. The zero-order chi connectivity index (χ0) is 18.4. The average molecular weight is 361 g/mol. The molecule has 0 radical (unpaired) electrons. The molecule has 0 spiro atoms. The van der Waals surface area contributed by atoms with Gasteiger partial charge in [0.05, 0.1) is 6.54 Å². The Hall–Kier alpha value is -2.71. The number of rotatable bonds is 6. The van der Waals surface area contributed by atoms with Crippen LogP contribution in [0.1, 0.15) is 25.1 Å². The standard InChI is InChI=1S/C17H24FN7O/c1-3-19-17(21-9-6-15-22-12(2)24-26-15)23-13-7-10-25(11-13)16-14(18)5-4-8-20-16/h4-5,8,13H,3,6-7,9-11H2,1-2H3,(H2,19,21,23). The third kappa shape index (κ3) is 4.68. The summed E-state index contributed by atoms with van der Waals surface area (Å²) < 4.78 is 19.0. The maximum absolute atomic E-state index is 13.9. The minimum absolute atomic E-state index is 0.180. The van der Waals surface area contributed by atoms with E-state index in [2.05, 4.69) is 30.8 Å². The first kappa shape index (κ1) is 18.1. The first-order valence-corrected chi connectivity index (χ1v) is 8.85. The fourth-order valence-electron chi connectivity index (χ4n) is 2.90. The Bertz CT molecular complexity index is 748. The number of pyridine rings is 1. The van der Waals surface area contributed by atoms with Gasteiger partial charge in [-0.2, -0.15) is 4.98 Å². The van der Waals surface area contributed by atoms with Gasteiger partial charge in [0, 0.05) is 38.3 Å². The highest BCUT2D eigenvalue weighted by Gasteiger charge is 2.25. The van der Waals surface area contributed by atoms with Crippen LogP contribution in [0.2, 0.25) is 0 Å². The Balaban J connectivity index is 1.54. The first-order chi connectivity index (χ1) is 12.7. The number of guanidine groups is 1. The number of anilines is 1. The topological polar surface area (TPSA) is 91.5 Å². The fourth-order valence-corrected chi connectivity index (χ4v) is 2.90. The van der Waals surface area contributed by atoms with Crippen LogP contribution in [-0.2, 0) is 6.42 Å². The molecule has 0 bridgehead atoms. The Morgan fingerprint density at radius 2 is 2.38 bits per heavy atom. The highest BCUT2D eigenvalue weighted by atomic mass is 19.1. The maximum Gasteiger partial charge on any atom is 0.228 e. The Morgan fingerprint density at radius 3 is 3.12 bits per heavy atom. The summed E-state index contributed by atoms with van der Waals surface area (Å²) >= 11 is 0. The van der Waals surface area contributed by atoms with Crippen LogP contribution < -0.4 is 15.5 Å². The number of aromatic nitrogens is 3. The summed E-state index contributed by atoms with van der Waals surface area (Å²) in [6.45, 7) is 6.55. The van der Waals surface area contributed by atoms with E-state index in [1.165, 1.54) is 6.07 Å². The van der Waals surface area contributed by atoms with Gasteiger partial charge in [0.1, 0.15) is 0 Å². The quantitative estimate of drug-likeness (QED) is 0.592. The summed E-state index contributed by atoms with van der Waals surface area (Å²) in [6.07, 6.45) is 3.10. The molecule has 1 saturated heterocycles. The molecule has 26 heavy (non-hydrogen) atoms. The van der Waals surface area contributed by atoms with Gasteiger partial charge in [0.25, 0.3) is 0 Å². The molecule has 0 aliphatic carbocycles. The van der Waals surface area contributed by atoms with Crippen molar-refractivity contribution in [2.45, 2.75) is 32.7 Å². The molecule has 1 unspecified atom stereocenters. The van der Waals surface area contributed by atoms with Crippen LogP contribution in [0.15, 0.2) is 27.8 Å². The van der Waals surface area contributed by atoms with Crippen molar-refractivity contribution in [3.8, 4) is 0 Å². The smallest absolute Gasteiger partial charge is 0.228 e. The number of aliphatic imine (C=N–C) groups is 1. The molecule has 3 rings (SSSR count). The summed E-state index contributed by atoms with van der Waals surface area (Å²) in [6, 6.07) is 3.22. The van der Waals surface area contributed by atoms with Crippen LogP contribution in [0.5, 0.6) is 0 Å². The summed E-state index contributed by atoms with van der Waals surface area (Å²) in [4.78, 5) is 14.8. The third-order valence-corrected chi connectivity index (χ3v) is 4.08. The normalized spacial score (nSPS) is 17.6. The van der Waals surface area contributed by atoms with Crippen molar-refractivity contribution < 1.29 is 8.91 Å². The predicted molar refractivity (Wildman–Crippen MR) is 96.7 cm³/mol. The predicted octanol–water partition coefficient (Wildman–Crippen LogP) is 1.29. The SMILES string of the molecule is CCNC(=NCCc1nc(C)no1)NC1CCN(c2ncccc2F)C1. The first-order valence-electron chi connectivity index (χ1n) is 8.85. The van der Waals surface area contributed by atoms with E-state index in [-0.39, 0.29) is 11.9 Å². The van der Waals surface area contributed by atoms with Crippen LogP contribution in [0, 0.1) is 12.7 Å². The molecule has 1 atom stereocenters. The van der Waals surface area contributed by atoms with Gasteiger partial charge in [-0.15, -0.1) is 0 Å². The summed E-state index contributed by atoms with van der Waals surface area (Å²) in [5.74, 6) is 2.06. The second-order valence-electron chi connectivity index (χ2n) is 6.13. The van der Waals surface area contributed by atoms with E-state index in [1.807, 2.05) is 11.8 Å². The minimum atomic E-state index is -0.288. The zero-order valence-electron chi connectivity index (χ0n) is 15.1. The molecule has 140 valence electrons.